The van der Waals surface area contributed by atoms with Crippen LogP contribution in [0.15, 0.2) is 24.8 Å². The van der Waals surface area contributed by atoms with Crippen LogP contribution in [0.4, 0.5) is 0 Å². The van der Waals surface area contributed by atoms with Gasteiger partial charge in [0.1, 0.15) is 0 Å². The molecule has 0 aliphatic carbocycles. The Morgan fingerprint density at radius 1 is 1.15 bits per heavy atom. The van der Waals surface area contributed by atoms with Gasteiger partial charge in [0.2, 0.25) is 0 Å². The summed E-state index contributed by atoms with van der Waals surface area (Å²) in [7, 11) is 0. The maximum Gasteiger partial charge on any atom is 0.0139 e. The molecule has 0 bridgehead atoms. The first-order valence-electron chi connectivity index (χ1n) is 5.07. The van der Waals surface area contributed by atoms with Crippen LogP contribution in [0.1, 0.15) is 40.0 Å². The minimum absolute atomic E-state index is 0.228. The smallest absolute Gasteiger partial charge is 0.0139 e. The van der Waals surface area contributed by atoms with E-state index in [1.54, 1.807) is 0 Å². The third-order valence-electron chi connectivity index (χ3n) is 1.70. The number of unbranched alkanes of at least 4 members (excludes halogenated alkanes) is 2. The molecule has 0 saturated carbocycles. The molecule has 0 aliphatic heterocycles. The molecular weight excluding hydrogens is 158 g/mol. The van der Waals surface area contributed by atoms with Gasteiger partial charge in [0.05, 0.1) is 0 Å². The van der Waals surface area contributed by atoms with Gasteiger partial charge in [-0.15, -0.1) is 6.58 Å². The van der Waals surface area contributed by atoms with E-state index in [-0.39, 0.29) is 5.54 Å². The summed E-state index contributed by atoms with van der Waals surface area (Å²) in [6.45, 7) is 11.2. The molecule has 0 aromatic heterocycles. The fraction of sp³-hybridized carbons (Fsp3) is 0.667. The van der Waals surface area contributed by atoms with Crippen molar-refractivity contribution in [2.45, 2.75) is 45.6 Å². The molecule has 0 spiro atoms. The van der Waals surface area contributed by atoms with Gasteiger partial charge in [0.25, 0.3) is 0 Å². The van der Waals surface area contributed by atoms with Crippen molar-refractivity contribution in [1.29, 1.82) is 0 Å². The van der Waals surface area contributed by atoms with Crippen molar-refractivity contribution >= 4 is 0 Å². The molecular formula is C12H23N. The Bertz CT molecular complexity index is 151. The van der Waals surface area contributed by atoms with Crippen LogP contribution in [0, 0.1) is 0 Å². The summed E-state index contributed by atoms with van der Waals surface area (Å²) in [5.41, 5.74) is 0.228. The predicted molar refractivity (Wildman–Crippen MR) is 60.9 cm³/mol. The molecule has 0 aromatic carbocycles. The molecule has 13 heavy (non-hydrogen) atoms. The lowest BCUT2D eigenvalue weighted by molar-refractivity contribution is 0.449. The molecule has 0 amide bonds. The van der Waals surface area contributed by atoms with Gasteiger partial charge in [0.15, 0.2) is 0 Å². The molecule has 0 radical (unpaired) electrons. The van der Waals surface area contributed by atoms with E-state index in [1.807, 2.05) is 6.08 Å². The number of nitrogens with one attached hydrogen (secondary N) is 1. The highest BCUT2D eigenvalue weighted by molar-refractivity contribution is 4.86. The Morgan fingerprint density at radius 2 is 1.85 bits per heavy atom. The van der Waals surface area contributed by atoms with Gasteiger partial charge in [-0.25, -0.2) is 0 Å². The number of rotatable bonds is 6. The SMILES string of the molecule is C=CCCCC=CCNC(C)(C)C. The van der Waals surface area contributed by atoms with Crippen LogP contribution < -0.4 is 5.32 Å². The molecule has 1 heteroatoms. The number of hydrogen-bond donors (Lipinski definition) is 1. The highest BCUT2D eigenvalue weighted by Crippen LogP contribution is 1.99. The molecule has 1 nitrogen and oxygen atoms in total. The van der Waals surface area contributed by atoms with Gasteiger partial charge in [-0.3, -0.25) is 0 Å². The lowest BCUT2D eigenvalue weighted by Crippen LogP contribution is -2.35. The lowest BCUT2D eigenvalue weighted by Gasteiger charge is -2.18. The number of hydrogen-bond acceptors (Lipinski definition) is 1. The van der Waals surface area contributed by atoms with Crippen LogP contribution in [0.3, 0.4) is 0 Å². The van der Waals surface area contributed by atoms with Crippen LogP contribution >= 0.6 is 0 Å². The summed E-state index contributed by atoms with van der Waals surface area (Å²) in [5, 5.41) is 3.41. The lowest BCUT2D eigenvalue weighted by atomic mass is 10.1. The second-order valence-electron chi connectivity index (χ2n) is 4.32. The van der Waals surface area contributed by atoms with Crippen LogP contribution in [-0.4, -0.2) is 12.1 Å². The summed E-state index contributed by atoms with van der Waals surface area (Å²) in [4.78, 5) is 0. The van der Waals surface area contributed by atoms with E-state index in [4.69, 9.17) is 0 Å². The topological polar surface area (TPSA) is 12.0 Å². The van der Waals surface area contributed by atoms with Crippen LogP contribution in [0.5, 0.6) is 0 Å². The summed E-state index contributed by atoms with van der Waals surface area (Å²) >= 11 is 0. The Morgan fingerprint density at radius 3 is 2.38 bits per heavy atom. The fourth-order valence-corrected chi connectivity index (χ4v) is 0.946. The van der Waals surface area contributed by atoms with Gasteiger partial charge >= 0.3 is 0 Å². The molecule has 0 atom stereocenters. The summed E-state index contributed by atoms with van der Waals surface area (Å²) in [6.07, 6.45) is 9.92. The van der Waals surface area contributed by atoms with Crippen molar-refractivity contribution in [3.63, 3.8) is 0 Å². The molecule has 0 aromatic rings. The average molecular weight is 181 g/mol. The van der Waals surface area contributed by atoms with Crippen molar-refractivity contribution in [2.24, 2.45) is 0 Å². The van der Waals surface area contributed by atoms with E-state index in [0.717, 1.165) is 19.4 Å². The standard InChI is InChI=1S/C12H23N/c1-5-6-7-8-9-10-11-13-12(2,3)4/h5,9-10,13H,1,6-8,11H2,2-4H3. The van der Waals surface area contributed by atoms with Gasteiger partial charge in [-0.05, 0) is 40.0 Å². The van der Waals surface area contributed by atoms with Crippen molar-refractivity contribution in [3.8, 4) is 0 Å². The molecule has 0 heterocycles. The zero-order chi connectivity index (χ0) is 10.2. The Kier molecular flexibility index (Phi) is 6.61. The first-order valence-corrected chi connectivity index (χ1v) is 5.07. The van der Waals surface area contributed by atoms with E-state index >= 15 is 0 Å². The summed E-state index contributed by atoms with van der Waals surface area (Å²) in [5.74, 6) is 0. The van der Waals surface area contributed by atoms with Crippen LogP contribution in [-0.2, 0) is 0 Å². The number of allylic oxidation sites excluding steroid dienone is 2. The maximum absolute atomic E-state index is 3.69. The quantitative estimate of drug-likeness (QED) is 0.490. The highest BCUT2D eigenvalue weighted by Gasteiger charge is 2.05. The fourth-order valence-electron chi connectivity index (χ4n) is 0.946. The minimum Gasteiger partial charge on any atom is -0.309 e. The van der Waals surface area contributed by atoms with Crippen LogP contribution in [0.25, 0.3) is 0 Å². The monoisotopic (exact) mass is 181 g/mol. The van der Waals surface area contributed by atoms with Crippen LogP contribution in [0.2, 0.25) is 0 Å². The predicted octanol–water partition coefficient (Wildman–Crippen LogP) is 3.29. The molecule has 0 aliphatic rings. The summed E-state index contributed by atoms with van der Waals surface area (Å²) < 4.78 is 0. The van der Waals surface area contributed by atoms with E-state index in [0.29, 0.717) is 0 Å². The van der Waals surface area contributed by atoms with E-state index in [2.05, 4.69) is 44.8 Å². The first kappa shape index (κ1) is 12.4. The Balaban J connectivity index is 3.27. The zero-order valence-corrected chi connectivity index (χ0v) is 9.27. The van der Waals surface area contributed by atoms with Crippen molar-refractivity contribution in [3.05, 3.63) is 24.8 Å². The molecule has 1 N–H and O–H groups in total. The Hall–Kier alpha value is -0.560. The summed E-state index contributed by atoms with van der Waals surface area (Å²) in [6, 6.07) is 0. The van der Waals surface area contributed by atoms with Gasteiger partial charge in [-0.2, -0.15) is 0 Å². The van der Waals surface area contributed by atoms with Crippen molar-refractivity contribution < 1.29 is 0 Å². The molecule has 0 rings (SSSR count). The Labute approximate surface area is 82.9 Å². The van der Waals surface area contributed by atoms with Gasteiger partial charge in [-0.1, -0.05) is 18.2 Å². The third kappa shape index (κ3) is 11.4. The van der Waals surface area contributed by atoms with E-state index in [9.17, 15) is 0 Å². The molecule has 0 fully saturated rings. The van der Waals surface area contributed by atoms with E-state index < -0.39 is 0 Å². The normalized spacial score (nSPS) is 12.2. The zero-order valence-electron chi connectivity index (χ0n) is 9.27. The average Bonchev–Trinajstić information content (AvgIpc) is 2.01. The maximum atomic E-state index is 3.69. The van der Waals surface area contributed by atoms with Gasteiger partial charge < -0.3 is 5.32 Å². The van der Waals surface area contributed by atoms with Crippen molar-refractivity contribution in [1.82, 2.24) is 5.32 Å². The third-order valence-corrected chi connectivity index (χ3v) is 1.70. The van der Waals surface area contributed by atoms with Gasteiger partial charge in [0, 0.05) is 12.1 Å². The molecule has 76 valence electrons. The van der Waals surface area contributed by atoms with Crippen molar-refractivity contribution in [2.75, 3.05) is 6.54 Å². The largest absolute Gasteiger partial charge is 0.309 e. The molecule has 0 saturated heterocycles. The highest BCUT2D eigenvalue weighted by atomic mass is 14.9. The second kappa shape index (κ2) is 6.90. The second-order valence-corrected chi connectivity index (χ2v) is 4.32. The van der Waals surface area contributed by atoms with E-state index in [1.165, 1.54) is 6.42 Å². The minimum atomic E-state index is 0.228. The molecule has 0 unspecified atom stereocenters. The first-order chi connectivity index (χ1) is 6.06.